The Morgan fingerprint density at radius 1 is 0.833 bits per heavy atom. The molecule has 1 saturated heterocycles. The molecule has 1 aliphatic heterocycles. The average Bonchev–Trinajstić information content (AvgIpc) is 2.38. The molecule has 1 nitrogen and oxygen atoms in total. The van der Waals surface area contributed by atoms with Gasteiger partial charge in [-0.05, 0) is 92.0 Å². The molecule has 0 spiro atoms. The average molecular weight is 265 g/mol. The van der Waals surface area contributed by atoms with E-state index in [1.807, 2.05) is 0 Å². The van der Waals surface area contributed by atoms with Crippen LogP contribution >= 0.6 is 11.8 Å². The molecule has 4 saturated carbocycles. The molecule has 0 radical (unpaired) electrons. The normalized spacial score (nSPS) is 49.5. The summed E-state index contributed by atoms with van der Waals surface area (Å²) in [5.41, 5.74) is 6.76. The summed E-state index contributed by atoms with van der Waals surface area (Å²) in [6, 6.07) is 0.543. The second-order valence-electron chi connectivity index (χ2n) is 7.54. The maximum atomic E-state index is 6.76. The van der Waals surface area contributed by atoms with E-state index >= 15 is 0 Å². The predicted molar refractivity (Wildman–Crippen MR) is 78.6 cm³/mol. The number of hydrogen-bond donors (Lipinski definition) is 1. The van der Waals surface area contributed by atoms with Gasteiger partial charge >= 0.3 is 0 Å². The van der Waals surface area contributed by atoms with E-state index < -0.39 is 0 Å². The molecular weight excluding hydrogens is 238 g/mol. The van der Waals surface area contributed by atoms with Gasteiger partial charge in [0.25, 0.3) is 0 Å². The van der Waals surface area contributed by atoms with Crippen LogP contribution in [0.25, 0.3) is 0 Å². The van der Waals surface area contributed by atoms with Gasteiger partial charge in [0, 0.05) is 6.04 Å². The lowest BCUT2D eigenvalue weighted by Gasteiger charge is -2.57. The Labute approximate surface area is 116 Å². The van der Waals surface area contributed by atoms with Crippen LogP contribution in [0.2, 0.25) is 0 Å². The highest BCUT2D eigenvalue weighted by atomic mass is 32.2. The number of hydrogen-bond acceptors (Lipinski definition) is 2. The van der Waals surface area contributed by atoms with Gasteiger partial charge in [0.1, 0.15) is 0 Å². The summed E-state index contributed by atoms with van der Waals surface area (Å²) in [5.74, 6) is 8.73. The molecule has 4 bridgehead atoms. The fourth-order valence-electron chi connectivity index (χ4n) is 6.01. The van der Waals surface area contributed by atoms with Gasteiger partial charge in [-0.3, -0.25) is 0 Å². The molecule has 5 rings (SSSR count). The van der Waals surface area contributed by atoms with Crippen molar-refractivity contribution >= 4 is 11.8 Å². The van der Waals surface area contributed by atoms with E-state index in [4.69, 9.17) is 5.73 Å². The molecule has 0 aromatic heterocycles. The molecule has 4 aliphatic carbocycles. The highest BCUT2D eigenvalue weighted by Gasteiger charge is 2.50. The number of nitrogens with two attached hydrogens (primary N) is 1. The molecule has 0 aromatic carbocycles. The fourth-order valence-corrected chi connectivity index (χ4v) is 7.15. The molecule has 18 heavy (non-hydrogen) atoms. The van der Waals surface area contributed by atoms with Gasteiger partial charge in [-0.1, -0.05) is 0 Å². The van der Waals surface area contributed by atoms with Gasteiger partial charge in [0.2, 0.25) is 0 Å². The second kappa shape index (κ2) is 4.70. The van der Waals surface area contributed by atoms with Crippen LogP contribution in [0.3, 0.4) is 0 Å². The molecule has 2 N–H and O–H groups in total. The largest absolute Gasteiger partial charge is 0.327 e. The highest BCUT2D eigenvalue weighted by molar-refractivity contribution is 7.99. The molecule has 102 valence electrons. The van der Waals surface area contributed by atoms with Crippen LogP contribution in [0.15, 0.2) is 0 Å². The summed E-state index contributed by atoms with van der Waals surface area (Å²) in [6.45, 7) is 0. The minimum atomic E-state index is 0.543. The van der Waals surface area contributed by atoms with Crippen molar-refractivity contribution in [1.82, 2.24) is 0 Å². The third-order valence-electron chi connectivity index (χ3n) is 6.55. The molecular formula is C16H27NS. The second-order valence-corrected chi connectivity index (χ2v) is 8.76. The maximum absolute atomic E-state index is 6.76. The summed E-state index contributed by atoms with van der Waals surface area (Å²) in [5, 5.41) is 0. The molecule has 1 atom stereocenters. The molecule has 0 amide bonds. The molecule has 5 fully saturated rings. The SMILES string of the molecule is NC(C1CCSCC1)C1C2CC3CC(C2)CC1C3. The Morgan fingerprint density at radius 3 is 1.94 bits per heavy atom. The zero-order valence-corrected chi connectivity index (χ0v) is 12.2. The third kappa shape index (κ3) is 1.95. The zero-order valence-electron chi connectivity index (χ0n) is 11.4. The standard InChI is InChI=1S/C16H27NS/c17-16(12-1-3-18-4-2-12)15-13-6-10-5-11(8-13)9-14(15)7-10/h10-16H,1-9,17H2. The zero-order chi connectivity index (χ0) is 12.1. The van der Waals surface area contributed by atoms with Crippen molar-refractivity contribution in [3.63, 3.8) is 0 Å². The monoisotopic (exact) mass is 265 g/mol. The van der Waals surface area contributed by atoms with Crippen molar-refractivity contribution in [1.29, 1.82) is 0 Å². The van der Waals surface area contributed by atoms with E-state index in [1.54, 1.807) is 6.42 Å². The van der Waals surface area contributed by atoms with Crippen molar-refractivity contribution in [2.24, 2.45) is 41.2 Å². The van der Waals surface area contributed by atoms with E-state index in [9.17, 15) is 0 Å². The van der Waals surface area contributed by atoms with Gasteiger partial charge in [0.15, 0.2) is 0 Å². The van der Waals surface area contributed by atoms with Crippen molar-refractivity contribution < 1.29 is 0 Å². The number of rotatable bonds is 2. The van der Waals surface area contributed by atoms with Crippen LogP contribution < -0.4 is 5.73 Å². The Morgan fingerprint density at radius 2 is 1.39 bits per heavy atom. The smallest absolute Gasteiger partial charge is 0.0101 e. The topological polar surface area (TPSA) is 26.0 Å². The Balaban J connectivity index is 1.50. The lowest BCUT2D eigenvalue weighted by atomic mass is 9.49. The first-order valence-electron chi connectivity index (χ1n) is 8.14. The van der Waals surface area contributed by atoms with Gasteiger partial charge < -0.3 is 5.73 Å². The van der Waals surface area contributed by atoms with Crippen LogP contribution in [-0.2, 0) is 0 Å². The predicted octanol–water partition coefficient (Wildman–Crippen LogP) is 3.53. The molecule has 5 aliphatic rings. The van der Waals surface area contributed by atoms with Crippen LogP contribution in [-0.4, -0.2) is 17.5 Å². The first-order chi connectivity index (χ1) is 8.81. The number of thioether (sulfide) groups is 1. The van der Waals surface area contributed by atoms with Gasteiger partial charge in [-0.2, -0.15) is 11.8 Å². The van der Waals surface area contributed by atoms with E-state index in [0.717, 1.165) is 35.5 Å². The molecule has 2 heteroatoms. The summed E-state index contributed by atoms with van der Waals surface area (Å²) in [7, 11) is 0. The summed E-state index contributed by atoms with van der Waals surface area (Å²) >= 11 is 2.14. The van der Waals surface area contributed by atoms with Gasteiger partial charge in [-0.15, -0.1) is 0 Å². The Bertz CT molecular complexity index is 282. The molecule has 1 heterocycles. The lowest BCUT2D eigenvalue weighted by molar-refractivity contribution is -0.0547. The minimum Gasteiger partial charge on any atom is -0.327 e. The van der Waals surface area contributed by atoms with Crippen molar-refractivity contribution in [2.45, 2.75) is 51.0 Å². The summed E-state index contributed by atoms with van der Waals surface area (Å²) in [4.78, 5) is 0. The Hall–Kier alpha value is 0.310. The fraction of sp³-hybridized carbons (Fsp3) is 1.00. The first-order valence-corrected chi connectivity index (χ1v) is 9.30. The van der Waals surface area contributed by atoms with E-state index in [1.165, 1.54) is 50.0 Å². The van der Waals surface area contributed by atoms with Crippen LogP contribution in [0, 0.1) is 35.5 Å². The van der Waals surface area contributed by atoms with E-state index in [2.05, 4.69) is 11.8 Å². The summed E-state index contributed by atoms with van der Waals surface area (Å²) in [6.07, 6.45) is 10.5. The van der Waals surface area contributed by atoms with E-state index in [0.29, 0.717) is 6.04 Å². The van der Waals surface area contributed by atoms with Gasteiger partial charge in [0.05, 0.1) is 0 Å². The van der Waals surface area contributed by atoms with Crippen LogP contribution in [0.5, 0.6) is 0 Å². The van der Waals surface area contributed by atoms with Crippen molar-refractivity contribution in [3.8, 4) is 0 Å². The summed E-state index contributed by atoms with van der Waals surface area (Å²) < 4.78 is 0. The van der Waals surface area contributed by atoms with Gasteiger partial charge in [-0.25, -0.2) is 0 Å². The van der Waals surface area contributed by atoms with Crippen molar-refractivity contribution in [2.75, 3.05) is 11.5 Å². The van der Waals surface area contributed by atoms with Crippen molar-refractivity contribution in [3.05, 3.63) is 0 Å². The van der Waals surface area contributed by atoms with Crippen LogP contribution in [0.1, 0.15) is 44.9 Å². The highest BCUT2D eigenvalue weighted by Crippen LogP contribution is 2.58. The lowest BCUT2D eigenvalue weighted by Crippen LogP contribution is -2.54. The third-order valence-corrected chi connectivity index (χ3v) is 7.60. The Kier molecular flexibility index (Phi) is 3.15. The van der Waals surface area contributed by atoms with Crippen LogP contribution in [0.4, 0.5) is 0 Å². The molecule has 0 aromatic rings. The maximum Gasteiger partial charge on any atom is 0.0101 e. The quantitative estimate of drug-likeness (QED) is 0.826. The minimum absolute atomic E-state index is 0.543. The first kappa shape index (κ1) is 12.1. The molecule has 1 unspecified atom stereocenters. The van der Waals surface area contributed by atoms with E-state index in [-0.39, 0.29) is 0 Å².